The fraction of sp³-hybridized carbons (Fsp3) is 0.320. The van der Waals surface area contributed by atoms with Crippen molar-refractivity contribution < 1.29 is 24.1 Å². The molecule has 5 heterocycles. The summed E-state index contributed by atoms with van der Waals surface area (Å²) in [4.78, 5) is 15.6. The smallest absolute Gasteiger partial charge is 0.256 e. The van der Waals surface area contributed by atoms with Gasteiger partial charge in [0, 0.05) is 38.0 Å². The molecule has 0 radical (unpaired) electrons. The van der Waals surface area contributed by atoms with E-state index in [9.17, 15) is 5.11 Å². The number of hydrogen-bond acceptors (Lipinski definition) is 9. The van der Waals surface area contributed by atoms with Crippen molar-refractivity contribution in [2.75, 3.05) is 45.9 Å². The number of fused-ring (bicyclic) bond motifs is 1. The van der Waals surface area contributed by atoms with E-state index in [0.717, 1.165) is 30.0 Å². The third kappa shape index (κ3) is 4.58. The molecular formula is C25H27N5O5. The van der Waals surface area contributed by atoms with E-state index in [1.165, 1.54) is 0 Å². The summed E-state index contributed by atoms with van der Waals surface area (Å²) in [6.45, 7) is 2.06. The van der Waals surface area contributed by atoms with Crippen molar-refractivity contribution in [1.29, 1.82) is 0 Å². The molecule has 1 aliphatic rings. The van der Waals surface area contributed by atoms with Crippen molar-refractivity contribution in [3.05, 3.63) is 48.9 Å². The average Bonchev–Trinajstić information content (AvgIpc) is 3.54. The van der Waals surface area contributed by atoms with Gasteiger partial charge in [0.05, 0.1) is 55.9 Å². The van der Waals surface area contributed by atoms with Gasteiger partial charge in [0.15, 0.2) is 12.0 Å². The van der Waals surface area contributed by atoms with Crippen LogP contribution in [0.2, 0.25) is 0 Å². The number of ether oxygens (including phenoxy) is 4. The van der Waals surface area contributed by atoms with E-state index in [1.807, 2.05) is 42.3 Å². The maximum absolute atomic E-state index is 10.8. The van der Waals surface area contributed by atoms with Gasteiger partial charge < -0.3 is 29.0 Å². The summed E-state index contributed by atoms with van der Waals surface area (Å²) in [5.41, 5.74) is 2.86. The minimum atomic E-state index is -0.145. The lowest BCUT2D eigenvalue weighted by Gasteiger charge is -2.20. The Labute approximate surface area is 202 Å². The standard InChI is InChI=1S/C25H27N5O5/c1-29(9-8-23-34-10-11-35-23)22-7-4-17(14-26-22)30-15-20-18(25(30)31)5-6-19(28-20)16-12-21(32-2)24(33-3)27-13-16/h4-7,12-15,23,31H,8-11H2,1-3H3. The molecule has 0 amide bonds. The molecule has 1 saturated heterocycles. The number of anilines is 1. The first-order valence-electron chi connectivity index (χ1n) is 11.3. The zero-order valence-electron chi connectivity index (χ0n) is 19.8. The lowest BCUT2D eigenvalue weighted by molar-refractivity contribution is -0.0447. The Morgan fingerprint density at radius 2 is 1.91 bits per heavy atom. The zero-order valence-corrected chi connectivity index (χ0v) is 19.8. The number of nitrogens with zero attached hydrogens (tertiary/aromatic N) is 5. The van der Waals surface area contributed by atoms with Crippen LogP contribution in [0.25, 0.3) is 27.8 Å². The molecule has 0 atom stereocenters. The molecule has 0 spiro atoms. The Morgan fingerprint density at radius 1 is 1.09 bits per heavy atom. The second-order valence-electron chi connectivity index (χ2n) is 8.14. The second-order valence-corrected chi connectivity index (χ2v) is 8.14. The van der Waals surface area contributed by atoms with Crippen molar-refractivity contribution in [1.82, 2.24) is 19.5 Å². The first-order chi connectivity index (χ1) is 17.1. The molecule has 5 rings (SSSR count). The number of methoxy groups -OCH3 is 2. The monoisotopic (exact) mass is 477 g/mol. The summed E-state index contributed by atoms with van der Waals surface area (Å²) >= 11 is 0. The van der Waals surface area contributed by atoms with E-state index in [0.29, 0.717) is 41.4 Å². The van der Waals surface area contributed by atoms with Crippen molar-refractivity contribution in [3.8, 4) is 34.5 Å². The van der Waals surface area contributed by atoms with Crippen LogP contribution in [0, 0.1) is 0 Å². The third-order valence-corrected chi connectivity index (χ3v) is 5.97. The Hall–Kier alpha value is -3.89. The Kier molecular flexibility index (Phi) is 6.39. The largest absolute Gasteiger partial charge is 0.494 e. The van der Waals surface area contributed by atoms with E-state index in [1.54, 1.807) is 37.4 Å². The maximum Gasteiger partial charge on any atom is 0.256 e. The molecule has 0 bridgehead atoms. The van der Waals surface area contributed by atoms with Crippen molar-refractivity contribution in [2.24, 2.45) is 0 Å². The zero-order chi connectivity index (χ0) is 24.4. The Bertz CT molecular complexity index is 1320. The summed E-state index contributed by atoms with van der Waals surface area (Å²) in [5, 5.41) is 11.5. The molecule has 4 aromatic rings. The predicted molar refractivity (Wildman–Crippen MR) is 130 cm³/mol. The molecule has 1 N–H and O–H groups in total. The first kappa shape index (κ1) is 22.9. The minimum absolute atomic E-state index is 0.0999. The van der Waals surface area contributed by atoms with E-state index in [-0.39, 0.29) is 12.2 Å². The Balaban J connectivity index is 1.37. The number of rotatable bonds is 8. The number of aromatic nitrogens is 4. The van der Waals surface area contributed by atoms with Crippen LogP contribution < -0.4 is 14.4 Å². The highest BCUT2D eigenvalue weighted by molar-refractivity contribution is 5.87. The van der Waals surface area contributed by atoms with Gasteiger partial charge in [-0.05, 0) is 30.3 Å². The normalized spacial score (nSPS) is 13.9. The summed E-state index contributed by atoms with van der Waals surface area (Å²) < 4.78 is 23.2. The van der Waals surface area contributed by atoms with Gasteiger partial charge >= 0.3 is 0 Å². The van der Waals surface area contributed by atoms with Gasteiger partial charge in [-0.25, -0.2) is 15.0 Å². The van der Waals surface area contributed by atoms with Crippen LogP contribution >= 0.6 is 0 Å². The van der Waals surface area contributed by atoms with E-state index >= 15 is 0 Å². The summed E-state index contributed by atoms with van der Waals surface area (Å²) in [6, 6.07) is 9.33. The SMILES string of the molecule is COc1cc(-c2ccc3c(O)n(-c4ccc(N(C)CCC5OCCO5)nc4)cc3n2)cnc1OC. The van der Waals surface area contributed by atoms with Crippen LogP contribution in [0.15, 0.2) is 48.9 Å². The molecule has 0 unspecified atom stereocenters. The molecule has 0 aliphatic carbocycles. The molecule has 0 aromatic carbocycles. The van der Waals surface area contributed by atoms with Gasteiger partial charge in [0.1, 0.15) is 5.82 Å². The molecule has 182 valence electrons. The second kappa shape index (κ2) is 9.77. The van der Waals surface area contributed by atoms with Crippen molar-refractivity contribution >= 4 is 16.7 Å². The molecule has 10 nitrogen and oxygen atoms in total. The van der Waals surface area contributed by atoms with Gasteiger partial charge in [-0.15, -0.1) is 0 Å². The number of pyridine rings is 3. The summed E-state index contributed by atoms with van der Waals surface area (Å²) in [7, 11) is 5.08. The first-order valence-corrected chi connectivity index (χ1v) is 11.3. The highest BCUT2D eigenvalue weighted by Crippen LogP contribution is 2.33. The number of aromatic hydroxyl groups is 1. The highest BCUT2D eigenvalue weighted by Gasteiger charge is 2.17. The van der Waals surface area contributed by atoms with Crippen LogP contribution in [-0.4, -0.2) is 71.9 Å². The van der Waals surface area contributed by atoms with Crippen molar-refractivity contribution in [3.63, 3.8) is 0 Å². The van der Waals surface area contributed by atoms with Gasteiger partial charge in [-0.1, -0.05) is 0 Å². The van der Waals surface area contributed by atoms with Crippen LogP contribution in [0.1, 0.15) is 6.42 Å². The maximum atomic E-state index is 10.8. The Morgan fingerprint density at radius 3 is 2.63 bits per heavy atom. The van der Waals surface area contributed by atoms with Crippen LogP contribution in [-0.2, 0) is 9.47 Å². The summed E-state index contributed by atoms with van der Waals surface area (Å²) in [5.74, 6) is 1.85. The quantitative estimate of drug-likeness (QED) is 0.409. The molecule has 1 aliphatic heterocycles. The molecular weight excluding hydrogens is 450 g/mol. The van der Waals surface area contributed by atoms with E-state index < -0.39 is 0 Å². The van der Waals surface area contributed by atoms with Gasteiger partial charge in [-0.3, -0.25) is 4.57 Å². The van der Waals surface area contributed by atoms with Gasteiger partial charge in [0.25, 0.3) is 5.88 Å². The van der Waals surface area contributed by atoms with Gasteiger partial charge in [0.2, 0.25) is 5.88 Å². The van der Waals surface area contributed by atoms with E-state index in [2.05, 4.69) is 9.97 Å². The molecule has 4 aromatic heterocycles. The van der Waals surface area contributed by atoms with Crippen molar-refractivity contribution in [2.45, 2.75) is 12.7 Å². The topological polar surface area (TPSA) is 104 Å². The van der Waals surface area contributed by atoms with Crippen LogP contribution in [0.4, 0.5) is 5.82 Å². The fourth-order valence-corrected chi connectivity index (χ4v) is 4.04. The average molecular weight is 478 g/mol. The third-order valence-electron chi connectivity index (χ3n) is 5.97. The molecule has 0 saturated carbocycles. The van der Waals surface area contributed by atoms with Crippen LogP contribution in [0.3, 0.4) is 0 Å². The predicted octanol–water partition coefficient (Wildman–Crippen LogP) is 3.40. The van der Waals surface area contributed by atoms with E-state index in [4.69, 9.17) is 23.9 Å². The molecule has 10 heteroatoms. The summed E-state index contributed by atoms with van der Waals surface area (Å²) in [6.07, 6.45) is 5.82. The lowest BCUT2D eigenvalue weighted by atomic mass is 10.1. The van der Waals surface area contributed by atoms with Crippen LogP contribution in [0.5, 0.6) is 17.5 Å². The highest BCUT2D eigenvalue weighted by atomic mass is 16.7. The lowest BCUT2D eigenvalue weighted by Crippen LogP contribution is -2.24. The molecule has 35 heavy (non-hydrogen) atoms. The molecule has 1 fully saturated rings. The minimum Gasteiger partial charge on any atom is -0.494 e. The fourth-order valence-electron chi connectivity index (χ4n) is 4.04. The number of hydrogen-bond donors (Lipinski definition) is 1. The van der Waals surface area contributed by atoms with Gasteiger partial charge in [-0.2, -0.15) is 0 Å².